The molecule has 6 heteroatoms. The summed E-state index contributed by atoms with van der Waals surface area (Å²) in [6.45, 7) is 5.65. The molecular formula is C13H20N4O2. The highest BCUT2D eigenvalue weighted by molar-refractivity contribution is 5.73. The van der Waals surface area contributed by atoms with Crippen LogP contribution >= 0.6 is 0 Å². The lowest BCUT2D eigenvalue weighted by molar-refractivity contribution is -0.129. The Labute approximate surface area is 113 Å². The van der Waals surface area contributed by atoms with Gasteiger partial charge in [0.05, 0.1) is 6.61 Å². The first kappa shape index (κ1) is 13.6. The molecule has 0 saturated carbocycles. The van der Waals surface area contributed by atoms with Crippen LogP contribution in [0.3, 0.4) is 0 Å². The van der Waals surface area contributed by atoms with Crippen molar-refractivity contribution >= 4 is 11.9 Å². The third kappa shape index (κ3) is 3.81. The van der Waals surface area contributed by atoms with Crippen molar-refractivity contribution in [2.75, 3.05) is 25.0 Å². The molecule has 2 rings (SSSR count). The van der Waals surface area contributed by atoms with Gasteiger partial charge in [-0.15, -0.1) is 0 Å². The van der Waals surface area contributed by atoms with Crippen LogP contribution in [0.2, 0.25) is 0 Å². The Morgan fingerprint density at radius 3 is 3.21 bits per heavy atom. The Morgan fingerprint density at radius 1 is 1.63 bits per heavy atom. The summed E-state index contributed by atoms with van der Waals surface area (Å²) in [5.74, 6) is 1.25. The van der Waals surface area contributed by atoms with Crippen LogP contribution in [-0.4, -0.2) is 46.5 Å². The second-order valence-corrected chi connectivity index (χ2v) is 4.60. The minimum atomic E-state index is 0.121. The van der Waals surface area contributed by atoms with E-state index in [4.69, 9.17) is 4.74 Å². The van der Waals surface area contributed by atoms with Crippen LogP contribution in [0, 0.1) is 0 Å². The van der Waals surface area contributed by atoms with Crippen LogP contribution in [-0.2, 0) is 4.79 Å². The van der Waals surface area contributed by atoms with Gasteiger partial charge in [0.25, 0.3) is 0 Å². The number of likely N-dealkylation sites (tertiary alicyclic amines) is 1. The highest BCUT2D eigenvalue weighted by Gasteiger charge is 2.21. The zero-order valence-electron chi connectivity index (χ0n) is 11.4. The summed E-state index contributed by atoms with van der Waals surface area (Å²) in [4.78, 5) is 21.7. The molecule has 0 bridgehead atoms. The van der Waals surface area contributed by atoms with Crippen molar-refractivity contribution in [3.63, 3.8) is 0 Å². The van der Waals surface area contributed by atoms with Crippen molar-refractivity contribution in [2.45, 2.75) is 32.7 Å². The van der Waals surface area contributed by atoms with Gasteiger partial charge in [0.2, 0.25) is 17.7 Å². The van der Waals surface area contributed by atoms with Gasteiger partial charge in [-0.25, -0.2) is 4.98 Å². The lowest BCUT2D eigenvalue weighted by atomic mass is 10.1. The third-order valence-corrected chi connectivity index (χ3v) is 3.12. The average molecular weight is 264 g/mol. The van der Waals surface area contributed by atoms with Gasteiger partial charge in [-0.05, 0) is 19.8 Å². The number of piperidine rings is 1. The maximum Gasteiger partial charge on any atom is 0.226 e. The maximum atomic E-state index is 11.4. The number of hydrogen-bond donors (Lipinski definition) is 1. The number of anilines is 1. The van der Waals surface area contributed by atoms with E-state index in [-0.39, 0.29) is 11.9 Å². The van der Waals surface area contributed by atoms with Gasteiger partial charge in [0.15, 0.2) is 0 Å². The molecule has 0 unspecified atom stereocenters. The Balaban J connectivity index is 1.96. The predicted molar refractivity (Wildman–Crippen MR) is 72.1 cm³/mol. The van der Waals surface area contributed by atoms with Gasteiger partial charge >= 0.3 is 0 Å². The molecule has 1 aliphatic rings. The van der Waals surface area contributed by atoms with E-state index >= 15 is 0 Å². The summed E-state index contributed by atoms with van der Waals surface area (Å²) in [6, 6.07) is 1.94. The van der Waals surface area contributed by atoms with E-state index in [2.05, 4.69) is 15.3 Å². The van der Waals surface area contributed by atoms with Gasteiger partial charge in [-0.2, -0.15) is 4.98 Å². The number of amides is 1. The van der Waals surface area contributed by atoms with Gasteiger partial charge in [-0.1, -0.05) is 0 Å². The Hall–Kier alpha value is -1.85. The first-order chi connectivity index (χ1) is 9.19. The van der Waals surface area contributed by atoms with Crippen molar-refractivity contribution < 1.29 is 9.53 Å². The summed E-state index contributed by atoms with van der Waals surface area (Å²) >= 11 is 0. The van der Waals surface area contributed by atoms with E-state index in [1.807, 2.05) is 11.8 Å². The Bertz CT molecular complexity index is 438. The van der Waals surface area contributed by atoms with Crippen LogP contribution in [0.5, 0.6) is 5.88 Å². The molecule has 1 aromatic heterocycles. The van der Waals surface area contributed by atoms with Crippen LogP contribution in [0.25, 0.3) is 0 Å². The van der Waals surface area contributed by atoms with E-state index in [1.165, 1.54) is 0 Å². The summed E-state index contributed by atoms with van der Waals surface area (Å²) < 4.78 is 5.34. The topological polar surface area (TPSA) is 67.3 Å². The molecule has 104 valence electrons. The summed E-state index contributed by atoms with van der Waals surface area (Å²) in [6.07, 6.45) is 3.69. The lowest BCUT2D eigenvalue weighted by Gasteiger charge is -2.32. The average Bonchev–Trinajstić information content (AvgIpc) is 2.40. The lowest BCUT2D eigenvalue weighted by Crippen LogP contribution is -2.44. The van der Waals surface area contributed by atoms with E-state index < -0.39 is 0 Å². The fourth-order valence-corrected chi connectivity index (χ4v) is 2.20. The standard InChI is InChI=1S/C13H20N4O2/c1-3-19-12-6-7-14-13(16-12)15-11-5-4-8-17(9-11)10(2)18/h6-7,11H,3-5,8-9H2,1-2H3,(H,14,15,16)/t11-/m0/s1. The van der Waals surface area contributed by atoms with Crippen molar-refractivity contribution in [3.05, 3.63) is 12.3 Å². The number of ether oxygens (including phenoxy) is 1. The number of carbonyl (C=O) groups excluding carboxylic acids is 1. The number of aromatic nitrogens is 2. The second kappa shape index (κ2) is 6.36. The Kier molecular flexibility index (Phi) is 4.54. The molecule has 19 heavy (non-hydrogen) atoms. The summed E-state index contributed by atoms with van der Waals surface area (Å²) in [7, 11) is 0. The van der Waals surface area contributed by atoms with E-state index in [0.717, 1.165) is 19.4 Å². The number of hydrogen-bond acceptors (Lipinski definition) is 5. The zero-order chi connectivity index (χ0) is 13.7. The molecule has 1 fully saturated rings. The molecule has 1 saturated heterocycles. The zero-order valence-corrected chi connectivity index (χ0v) is 11.4. The molecule has 1 atom stereocenters. The van der Waals surface area contributed by atoms with E-state index in [1.54, 1.807) is 19.2 Å². The van der Waals surface area contributed by atoms with Gasteiger partial charge < -0.3 is 15.0 Å². The van der Waals surface area contributed by atoms with Gasteiger partial charge in [-0.3, -0.25) is 4.79 Å². The summed E-state index contributed by atoms with van der Waals surface area (Å²) in [5.41, 5.74) is 0. The smallest absolute Gasteiger partial charge is 0.226 e. The minimum absolute atomic E-state index is 0.121. The molecule has 1 amide bonds. The Morgan fingerprint density at radius 2 is 2.47 bits per heavy atom. The highest BCUT2D eigenvalue weighted by atomic mass is 16.5. The molecule has 0 aromatic carbocycles. The number of nitrogens with zero attached hydrogens (tertiary/aromatic N) is 3. The molecule has 6 nitrogen and oxygen atoms in total. The molecule has 1 aliphatic heterocycles. The number of carbonyl (C=O) groups is 1. The maximum absolute atomic E-state index is 11.4. The largest absolute Gasteiger partial charge is 0.478 e. The first-order valence-electron chi connectivity index (χ1n) is 6.67. The molecule has 1 aromatic rings. The first-order valence-corrected chi connectivity index (χ1v) is 6.67. The number of nitrogens with one attached hydrogen (secondary N) is 1. The molecule has 0 spiro atoms. The van der Waals surface area contributed by atoms with Crippen LogP contribution < -0.4 is 10.1 Å². The molecule has 0 radical (unpaired) electrons. The quantitative estimate of drug-likeness (QED) is 0.887. The molecule has 2 heterocycles. The van der Waals surface area contributed by atoms with Crippen LogP contribution in [0.15, 0.2) is 12.3 Å². The van der Waals surface area contributed by atoms with Gasteiger partial charge in [0.1, 0.15) is 0 Å². The summed E-state index contributed by atoms with van der Waals surface area (Å²) in [5, 5.41) is 3.27. The molecule has 0 aliphatic carbocycles. The minimum Gasteiger partial charge on any atom is -0.478 e. The fourth-order valence-electron chi connectivity index (χ4n) is 2.20. The second-order valence-electron chi connectivity index (χ2n) is 4.60. The van der Waals surface area contributed by atoms with Crippen molar-refractivity contribution in [1.82, 2.24) is 14.9 Å². The van der Waals surface area contributed by atoms with Crippen LogP contribution in [0.1, 0.15) is 26.7 Å². The predicted octanol–water partition coefficient (Wildman–Crippen LogP) is 1.30. The molecule has 1 N–H and O–H groups in total. The van der Waals surface area contributed by atoms with E-state index in [9.17, 15) is 4.79 Å². The highest BCUT2D eigenvalue weighted by Crippen LogP contribution is 2.15. The fraction of sp³-hybridized carbons (Fsp3) is 0.615. The van der Waals surface area contributed by atoms with Crippen molar-refractivity contribution in [1.29, 1.82) is 0 Å². The molecular weight excluding hydrogens is 244 g/mol. The van der Waals surface area contributed by atoms with Gasteiger partial charge in [0, 0.05) is 38.3 Å². The SMILES string of the molecule is CCOc1ccnc(N[C@H]2CCCN(C(C)=O)C2)n1. The third-order valence-electron chi connectivity index (χ3n) is 3.12. The van der Waals surface area contributed by atoms with Crippen molar-refractivity contribution in [2.24, 2.45) is 0 Å². The number of rotatable bonds is 4. The normalized spacial score (nSPS) is 19.1. The monoisotopic (exact) mass is 264 g/mol. The van der Waals surface area contributed by atoms with Crippen LogP contribution in [0.4, 0.5) is 5.95 Å². The van der Waals surface area contributed by atoms with Crippen molar-refractivity contribution in [3.8, 4) is 5.88 Å². The van der Waals surface area contributed by atoms with E-state index in [0.29, 0.717) is 25.0 Å².